The van der Waals surface area contributed by atoms with Crippen LogP contribution in [0, 0.1) is 11.2 Å². The molecule has 0 spiro atoms. The summed E-state index contributed by atoms with van der Waals surface area (Å²) in [6, 6.07) is 14.5. The number of H-pyrrole nitrogens is 1. The zero-order valence-corrected chi connectivity index (χ0v) is 15.6. The van der Waals surface area contributed by atoms with Crippen molar-refractivity contribution < 1.29 is 9.18 Å². The Bertz CT molecular complexity index is 1080. The van der Waals surface area contributed by atoms with Gasteiger partial charge in [-0.05, 0) is 30.2 Å². The van der Waals surface area contributed by atoms with Crippen LogP contribution in [0.4, 0.5) is 4.39 Å². The fraction of sp³-hybridized carbons (Fsp3) is 0.182. The molecule has 6 heteroatoms. The molecule has 0 unspecified atom stereocenters. The van der Waals surface area contributed by atoms with Crippen LogP contribution in [0.1, 0.15) is 22.3 Å². The first kappa shape index (κ1) is 18.0. The number of rotatable bonds is 3. The van der Waals surface area contributed by atoms with Crippen LogP contribution < -0.4 is 5.32 Å². The predicted molar refractivity (Wildman–Crippen MR) is 109 cm³/mol. The van der Waals surface area contributed by atoms with Gasteiger partial charge in [-0.2, -0.15) is 0 Å². The average Bonchev–Trinajstić information content (AvgIpc) is 3.18. The maximum absolute atomic E-state index is 14.4. The van der Waals surface area contributed by atoms with Crippen molar-refractivity contribution in [3.8, 4) is 0 Å². The van der Waals surface area contributed by atoms with Crippen molar-refractivity contribution in [2.75, 3.05) is 20.1 Å². The van der Waals surface area contributed by atoms with Gasteiger partial charge in [-0.3, -0.25) is 4.79 Å². The van der Waals surface area contributed by atoms with Gasteiger partial charge < -0.3 is 20.6 Å². The lowest BCUT2D eigenvalue weighted by atomic mass is 9.95. The van der Waals surface area contributed by atoms with Crippen LogP contribution in [-0.4, -0.2) is 41.6 Å². The molecule has 0 radical (unpaired) electrons. The summed E-state index contributed by atoms with van der Waals surface area (Å²) in [5.41, 5.74) is 3.95. The topological polar surface area (TPSA) is 72.0 Å². The van der Waals surface area contributed by atoms with E-state index >= 15 is 0 Å². The molecule has 5 nitrogen and oxygen atoms in total. The fourth-order valence-electron chi connectivity index (χ4n) is 3.77. The van der Waals surface area contributed by atoms with Crippen molar-refractivity contribution in [1.29, 1.82) is 5.41 Å². The summed E-state index contributed by atoms with van der Waals surface area (Å²) < 4.78 is 14.4. The van der Waals surface area contributed by atoms with Crippen LogP contribution >= 0.6 is 0 Å². The lowest BCUT2D eigenvalue weighted by Gasteiger charge is -2.31. The number of fused-ring (bicyclic) bond motifs is 1. The quantitative estimate of drug-likeness (QED) is 0.651. The highest BCUT2D eigenvalue weighted by Gasteiger charge is 2.28. The van der Waals surface area contributed by atoms with Gasteiger partial charge in [-0.25, -0.2) is 4.39 Å². The molecule has 3 aromatic rings. The number of aromatic nitrogens is 1. The Hall–Kier alpha value is -3.41. The number of likely N-dealkylation sites (tertiary alicyclic amines) is 1. The van der Waals surface area contributed by atoms with E-state index < -0.39 is 5.82 Å². The predicted octanol–water partition coefficient (Wildman–Crippen LogP) is 3.80. The Morgan fingerprint density at radius 2 is 1.96 bits per heavy atom. The molecule has 3 N–H and O–H groups in total. The third-order valence-electron chi connectivity index (χ3n) is 5.14. The lowest BCUT2D eigenvalue weighted by Crippen LogP contribution is -2.42. The van der Waals surface area contributed by atoms with Crippen LogP contribution in [0.3, 0.4) is 0 Å². The summed E-state index contributed by atoms with van der Waals surface area (Å²) in [6.07, 6.45) is 2.24. The van der Waals surface area contributed by atoms with Crippen LogP contribution in [0.5, 0.6) is 0 Å². The van der Waals surface area contributed by atoms with Crippen molar-refractivity contribution in [3.05, 3.63) is 77.2 Å². The number of aromatic amines is 1. The number of nitrogens with zero attached hydrogens (tertiary/aromatic N) is 1. The van der Waals surface area contributed by atoms with Crippen molar-refractivity contribution >= 4 is 28.2 Å². The molecule has 2 aromatic carbocycles. The van der Waals surface area contributed by atoms with Gasteiger partial charge in [0.25, 0.3) is 5.91 Å². The minimum Gasteiger partial charge on any atom is -0.387 e. The first-order valence-corrected chi connectivity index (χ1v) is 9.19. The third-order valence-corrected chi connectivity index (χ3v) is 5.14. The second kappa shape index (κ2) is 7.31. The summed E-state index contributed by atoms with van der Waals surface area (Å²) in [5, 5.41) is 12.3. The molecule has 1 aliphatic rings. The Morgan fingerprint density at radius 1 is 1.18 bits per heavy atom. The van der Waals surface area contributed by atoms with Gasteiger partial charge >= 0.3 is 0 Å². The monoisotopic (exact) mass is 376 g/mol. The second-order valence-electron chi connectivity index (χ2n) is 6.79. The number of piperidine rings is 1. The van der Waals surface area contributed by atoms with Gasteiger partial charge in [-0.15, -0.1) is 0 Å². The van der Waals surface area contributed by atoms with E-state index in [0.29, 0.717) is 24.1 Å². The van der Waals surface area contributed by atoms with E-state index in [9.17, 15) is 9.18 Å². The first-order chi connectivity index (χ1) is 13.6. The SMILES string of the molecule is CN/C(=C1/CCN(C(=O)c2c(F)ccc3[nH]ccc23)CC1=N)c1ccccc1. The van der Waals surface area contributed by atoms with Crippen LogP contribution in [0.15, 0.2) is 60.3 Å². The number of nitrogens with one attached hydrogen (secondary N) is 3. The Labute approximate surface area is 162 Å². The van der Waals surface area contributed by atoms with Gasteiger partial charge in [0.15, 0.2) is 0 Å². The Morgan fingerprint density at radius 3 is 2.68 bits per heavy atom. The smallest absolute Gasteiger partial charge is 0.257 e. The summed E-state index contributed by atoms with van der Waals surface area (Å²) in [4.78, 5) is 17.6. The van der Waals surface area contributed by atoms with E-state index in [1.54, 1.807) is 23.2 Å². The van der Waals surface area contributed by atoms with Crippen molar-refractivity contribution in [1.82, 2.24) is 15.2 Å². The Balaban J connectivity index is 1.63. The highest BCUT2D eigenvalue weighted by molar-refractivity contribution is 6.11. The number of hydrogen-bond donors (Lipinski definition) is 3. The van der Waals surface area contributed by atoms with Crippen LogP contribution in [0.25, 0.3) is 16.6 Å². The molecular weight excluding hydrogens is 355 g/mol. The summed E-state index contributed by atoms with van der Waals surface area (Å²) in [5.74, 6) is -0.914. The zero-order valence-electron chi connectivity index (χ0n) is 15.6. The molecule has 2 heterocycles. The van der Waals surface area contributed by atoms with Crippen LogP contribution in [0.2, 0.25) is 0 Å². The van der Waals surface area contributed by atoms with Crippen molar-refractivity contribution in [2.24, 2.45) is 0 Å². The number of carbonyl (C=O) groups excluding carboxylic acids is 1. The molecule has 4 rings (SSSR count). The van der Waals surface area contributed by atoms with Gasteiger partial charge in [0.1, 0.15) is 5.82 Å². The number of halogens is 1. The van der Waals surface area contributed by atoms with E-state index in [4.69, 9.17) is 5.41 Å². The lowest BCUT2D eigenvalue weighted by molar-refractivity contribution is 0.0773. The van der Waals surface area contributed by atoms with E-state index in [-0.39, 0.29) is 18.0 Å². The zero-order chi connectivity index (χ0) is 19.7. The molecule has 1 aromatic heterocycles. The first-order valence-electron chi connectivity index (χ1n) is 9.19. The highest BCUT2D eigenvalue weighted by Crippen LogP contribution is 2.27. The Kier molecular flexibility index (Phi) is 4.69. The molecular formula is C22H21FN4O. The fourth-order valence-corrected chi connectivity index (χ4v) is 3.77. The minimum absolute atomic E-state index is 0.0656. The maximum atomic E-state index is 14.4. The number of benzene rings is 2. The van der Waals surface area contributed by atoms with Crippen LogP contribution in [-0.2, 0) is 0 Å². The number of hydrogen-bond acceptors (Lipinski definition) is 3. The highest BCUT2D eigenvalue weighted by atomic mass is 19.1. The molecule has 28 heavy (non-hydrogen) atoms. The van der Waals surface area contributed by atoms with Crippen molar-refractivity contribution in [2.45, 2.75) is 6.42 Å². The maximum Gasteiger partial charge on any atom is 0.257 e. The molecule has 1 fully saturated rings. The standard InChI is InChI=1S/C22H21FN4O/c1-25-21(14-5-3-2-4-6-14)15-10-12-27(13-18(15)24)22(28)20-16-9-11-26-19(16)8-7-17(20)23/h2-9,11,24-26H,10,12-13H2,1H3/b21-15-,24-18?. The second-order valence-corrected chi connectivity index (χ2v) is 6.79. The van der Waals surface area contributed by atoms with Gasteiger partial charge in [0.2, 0.25) is 0 Å². The molecule has 1 saturated heterocycles. The van der Waals surface area contributed by atoms with Crippen molar-refractivity contribution in [3.63, 3.8) is 0 Å². The summed E-state index contributed by atoms with van der Waals surface area (Å²) in [6.45, 7) is 0.598. The largest absolute Gasteiger partial charge is 0.387 e. The molecule has 142 valence electrons. The molecule has 0 bridgehead atoms. The number of carbonyl (C=O) groups is 1. The normalized spacial score (nSPS) is 16.4. The van der Waals surface area contributed by atoms with Gasteiger partial charge in [0, 0.05) is 42.0 Å². The van der Waals surface area contributed by atoms with Gasteiger partial charge in [-0.1, -0.05) is 30.3 Å². The van der Waals surface area contributed by atoms with E-state index in [1.807, 2.05) is 37.4 Å². The van der Waals surface area contributed by atoms with E-state index in [0.717, 1.165) is 22.4 Å². The summed E-state index contributed by atoms with van der Waals surface area (Å²) in [7, 11) is 1.84. The van der Waals surface area contributed by atoms with Gasteiger partial charge in [0.05, 0.1) is 17.8 Å². The average molecular weight is 376 g/mol. The molecule has 0 aliphatic carbocycles. The van der Waals surface area contributed by atoms with E-state index in [1.165, 1.54) is 6.07 Å². The minimum atomic E-state index is -0.537. The molecule has 1 amide bonds. The number of amides is 1. The molecule has 1 aliphatic heterocycles. The van der Waals surface area contributed by atoms with E-state index in [2.05, 4.69) is 10.3 Å². The molecule has 0 atom stereocenters. The molecule has 0 saturated carbocycles. The summed E-state index contributed by atoms with van der Waals surface area (Å²) >= 11 is 0. The third kappa shape index (κ3) is 3.07.